The zero-order valence-electron chi connectivity index (χ0n) is 13.0. The number of aromatic amines is 1. The van der Waals surface area contributed by atoms with Gasteiger partial charge in [0.25, 0.3) is 5.78 Å². The van der Waals surface area contributed by atoms with Crippen LogP contribution in [0.4, 0.5) is 0 Å². The Labute approximate surface area is 132 Å². The summed E-state index contributed by atoms with van der Waals surface area (Å²) in [6, 6.07) is 1.98. The maximum atomic E-state index is 5.32. The molecular formula is C16H26N4S. The van der Waals surface area contributed by atoms with Gasteiger partial charge in [0.05, 0.1) is 0 Å². The average Bonchev–Trinajstić information content (AvgIpc) is 2.94. The quantitative estimate of drug-likeness (QED) is 0.503. The molecule has 0 aromatic carbocycles. The van der Waals surface area contributed by atoms with Crippen molar-refractivity contribution in [1.29, 1.82) is 0 Å². The molecule has 21 heavy (non-hydrogen) atoms. The Kier molecular flexibility index (Phi) is 6.86. The van der Waals surface area contributed by atoms with Crippen molar-refractivity contribution in [2.45, 2.75) is 71.1 Å². The summed E-state index contributed by atoms with van der Waals surface area (Å²) in [5.74, 6) is 0.674. The van der Waals surface area contributed by atoms with E-state index in [0.717, 1.165) is 16.8 Å². The normalized spacial score (nSPS) is 11.3. The summed E-state index contributed by atoms with van der Waals surface area (Å²) in [4.78, 5) is 8.68. The first-order chi connectivity index (χ1) is 10.3. The fourth-order valence-electron chi connectivity index (χ4n) is 2.61. The maximum absolute atomic E-state index is 5.32. The fraction of sp³-hybridized carbons (Fsp3) is 0.688. The lowest BCUT2D eigenvalue weighted by Gasteiger charge is -2.03. The number of nitrogens with zero attached hydrogens (tertiary/aromatic N) is 3. The van der Waals surface area contributed by atoms with Crippen molar-refractivity contribution in [3.63, 3.8) is 0 Å². The zero-order valence-corrected chi connectivity index (χ0v) is 13.8. The van der Waals surface area contributed by atoms with Crippen LogP contribution < -0.4 is 0 Å². The summed E-state index contributed by atoms with van der Waals surface area (Å²) < 4.78 is 2.48. The molecule has 0 bridgehead atoms. The molecule has 4 nitrogen and oxygen atoms in total. The van der Waals surface area contributed by atoms with Crippen LogP contribution in [0.3, 0.4) is 0 Å². The van der Waals surface area contributed by atoms with E-state index in [-0.39, 0.29) is 0 Å². The van der Waals surface area contributed by atoms with Gasteiger partial charge in [-0.15, -0.1) is 0 Å². The molecule has 0 saturated carbocycles. The molecule has 0 aliphatic rings. The smallest absolute Gasteiger partial charge is 0.251 e. The van der Waals surface area contributed by atoms with Crippen molar-refractivity contribution in [3.05, 3.63) is 22.7 Å². The molecule has 116 valence electrons. The van der Waals surface area contributed by atoms with Gasteiger partial charge in [-0.25, -0.2) is 14.5 Å². The largest absolute Gasteiger partial charge is 0.280 e. The number of hydrogen-bond acceptors (Lipinski definition) is 3. The first kappa shape index (κ1) is 16.1. The number of H-pyrrole nitrogens is 1. The van der Waals surface area contributed by atoms with E-state index in [9.17, 15) is 0 Å². The van der Waals surface area contributed by atoms with Crippen LogP contribution in [0.2, 0.25) is 0 Å². The van der Waals surface area contributed by atoms with Crippen LogP contribution >= 0.6 is 12.2 Å². The number of rotatable bonds is 10. The van der Waals surface area contributed by atoms with Crippen LogP contribution in [0.15, 0.2) is 12.4 Å². The molecule has 1 N–H and O–H groups in total. The standard InChI is InChI=1S/C16H26N4S/c1-2-3-4-5-6-7-8-9-10-11-14-12-15(21)20-16(19-14)17-13-18-20/h12-13H,2-11H2,1H3,(H,17,18,19). The van der Waals surface area contributed by atoms with Gasteiger partial charge < -0.3 is 0 Å². The van der Waals surface area contributed by atoms with Crippen LogP contribution in [-0.4, -0.2) is 19.6 Å². The van der Waals surface area contributed by atoms with E-state index in [1.165, 1.54) is 57.8 Å². The Bertz CT molecular complexity index is 587. The highest BCUT2D eigenvalue weighted by Gasteiger charge is 2.02. The van der Waals surface area contributed by atoms with E-state index in [4.69, 9.17) is 12.2 Å². The Morgan fingerprint density at radius 1 is 1.05 bits per heavy atom. The first-order valence-electron chi connectivity index (χ1n) is 8.23. The monoisotopic (exact) mass is 306 g/mol. The Morgan fingerprint density at radius 2 is 1.71 bits per heavy atom. The van der Waals surface area contributed by atoms with Crippen molar-refractivity contribution in [1.82, 2.24) is 19.6 Å². The third kappa shape index (κ3) is 5.23. The summed E-state index contributed by atoms with van der Waals surface area (Å²) in [6.07, 6.45) is 14.7. The molecule has 2 aromatic rings. The van der Waals surface area contributed by atoms with Crippen LogP contribution in [-0.2, 0) is 6.42 Å². The van der Waals surface area contributed by atoms with E-state index in [1.807, 2.05) is 6.07 Å². The van der Waals surface area contributed by atoms with E-state index < -0.39 is 0 Å². The first-order valence-corrected chi connectivity index (χ1v) is 8.64. The van der Waals surface area contributed by atoms with Gasteiger partial charge in [0.2, 0.25) is 0 Å². The van der Waals surface area contributed by atoms with Gasteiger partial charge in [-0.3, -0.25) is 5.10 Å². The predicted molar refractivity (Wildman–Crippen MR) is 89.1 cm³/mol. The second-order valence-electron chi connectivity index (χ2n) is 5.69. The van der Waals surface area contributed by atoms with E-state index in [0.29, 0.717) is 5.78 Å². The van der Waals surface area contributed by atoms with Gasteiger partial charge in [-0.2, -0.15) is 0 Å². The molecule has 2 aromatic heterocycles. The minimum Gasteiger partial charge on any atom is -0.280 e. The van der Waals surface area contributed by atoms with Crippen molar-refractivity contribution in [2.24, 2.45) is 0 Å². The molecule has 0 unspecified atom stereocenters. The van der Waals surface area contributed by atoms with Gasteiger partial charge in [0.1, 0.15) is 11.0 Å². The highest BCUT2D eigenvalue weighted by Crippen LogP contribution is 2.11. The molecule has 5 heteroatoms. The lowest BCUT2D eigenvalue weighted by Crippen LogP contribution is -1.98. The lowest BCUT2D eigenvalue weighted by atomic mass is 10.1. The van der Waals surface area contributed by atoms with Gasteiger partial charge in [-0.05, 0) is 18.9 Å². The van der Waals surface area contributed by atoms with Crippen LogP contribution in [0, 0.1) is 4.64 Å². The number of unbranched alkanes of at least 4 members (excludes halogenated alkanes) is 8. The fourth-order valence-corrected chi connectivity index (χ4v) is 2.88. The van der Waals surface area contributed by atoms with Crippen molar-refractivity contribution < 1.29 is 0 Å². The van der Waals surface area contributed by atoms with Crippen molar-refractivity contribution >= 4 is 18.0 Å². The Balaban J connectivity index is 1.63. The van der Waals surface area contributed by atoms with E-state index in [2.05, 4.69) is 22.0 Å². The highest BCUT2D eigenvalue weighted by atomic mass is 32.1. The maximum Gasteiger partial charge on any atom is 0.251 e. The molecule has 0 fully saturated rings. The minimum absolute atomic E-state index is 0.674. The third-order valence-electron chi connectivity index (χ3n) is 3.86. The molecule has 0 amide bonds. The van der Waals surface area contributed by atoms with Crippen LogP contribution in [0.1, 0.15) is 70.4 Å². The van der Waals surface area contributed by atoms with Crippen LogP contribution in [0.25, 0.3) is 5.78 Å². The second-order valence-corrected chi connectivity index (χ2v) is 6.11. The zero-order chi connectivity index (χ0) is 14.9. The summed E-state index contributed by atoms with van der Waals surface area (Å²) in [7, 11) is 0. The molecule has 0 spiro atoms. The van der Waals surface area contributed by atoms with E-state index in [1.54, 1.807) is 10.8 Å². The van der Waals surface area contributed by atoms with Crippen molar-refractivity contribution in [2.75, 3.05) is 0 Å². The number of aromatic nitrogens is 4. The molecule has 0 saturated heterocycles. The lowest BCUT2D eigenvalue weighted by molar-refractivity contribution is 0.563. The molecular weight excluding hydrogens is 280 g/mol. The predicted octanol–water partition coefficient (Wildman–Crippen LogP) is 4.86. The summed E-state index contributed by atoms with van der Waals surface area (Å²) in [5, 5.41) is 2.96. The van der Waals surface area contributed by atoms with Crippen molar-refractivity contribution in [3.8, 4) is 0 Å². The van der Waals surface area contributed by atoms with E-state index >= 15 is 0 Å². The van der Waals surface area contributed by atoms with Crippen LogP contribution in [0.5, 0.6) is 0 Å². The molecule has 0 atom stereocenters. The van der Waals surface area contributed by atoms with Gasteiger partial charge in [-0.1, -0.05) is 70.5 Å². The molecule has 0 aliphatic carbocycles. The van der Waals surface area contributed by atoms with Gasteiger partial charge in [0.15, 0.2) is 0 Å². The third-order valence-corrected chi connectivity index (χ3v) is 4.16. The molecule has 0 radical (unpaired) electrons. The number of nitrogens with one attached hydrogen (secondary N) is 1. The Morgan fingerprint density at radius 3 is 2.43 bits per heavy atom. The average molecular weight is 306 g/mol. The number of fused-ring (bicyclic) bond motifs is 1. The summed E-state index contributed by atoms with van der Waals surface area (Å²) in [6.45, 7) is 2.27. The van der Waals surface area contributed by atoms with Gasteiger partial charge >= 0.3 is 0 Å². The number of hydrogen-bond donors (Lipinski definition) is 1. The summed E-state index contributed by atoms with van der Waals surface area (Å²) in [5.41, 5.74) is 1.06. The van der Waals surface area contributed by atoms with Gasteiger partial charge in [0, 0.05) is 5.69 Å². The Hall–Kier alpha value is -1.23. The number of aryl methyl sites for hydroxylation is 1. The SMILES string of the molecule is CCCCCCCCCCCc1cc(=S)n2[nH]cnc2n1. The second kappa shape index (κ2) is 8.93. The minimum atomic E-state index is 0.674. The topological polar surface area (TPSA) is 46.0 Å². The molecule has 2 rings (SSSR count). The molecule has 2 heterocycles. The highest BCUT2D eigenvalue weighted by molar-refractivity contribution is 7.71. The molecule has 0 aliphatic heterocycles. The summed E-state index contributed by atoms with van der Waals surface area (Å²) >= 11 is 5.32.